The molecule has 1 aromatic heterocycles. The van der Waals surface area contributed by atoms with Gasteiger partial charge in [0.05, 0.1) is 18.5 Å². The molecule has 4 heteroatoms. The Morgan fingerprint density at radius 3 is 2.43 bits per heavy atom. The molecule has 0 saturated carbocycles. The van der Waals surface area contributed by atoms with Gasteiger partial charge in [0.1, 0.15) is 4.60 Å². The van der Waals surface area contributed by atoms with Crippen LogP contribution in [0.1, 0.15) is 5.56 Å². The molecule has 0 fully saturated rings. The van der Waals surface area contributed by atoms with E-state index in [1.165, 1.54) is 0 Å². The van der Waals surface area contributed by atoms with Crippen LogP contribution in [0.3, 0.4) is 0 Å². The lowest BCUT2D eigenvalue weighted by Gasteiger charge is -2.03. The number of benzene rings is 1. The van der Waals surface area contributed by atoms with Crippen molar-refractivity contribution in [3.63, 3.8) is 0 Å². The molecule has 3 nitrogen and oxygen atoms in total. The van der Waals surface area contributed by atoms with E-state index >= 15 is 0 Å². The molecule has 0 spiro atoms. The number of rotatable bonds is 2. The summed E-state index contributed by atoms with van der Waals surface area (Å²) in [5.41, 5.74) is 1.87. The Balaban J connectivity index is 2.39. The largest absolute Gasteiger partial charge is 0.392 e. The maximum atomic E-state index is 8.88. The van der Waals surface area contributed by atoms with Gasteiger partial charge in [0.25, 0.3) is 0 Å². The highest BCUT2D eigenvalue weighted by molar-refractivity contribution is 9.10. The second kappa shape index (κ2) is 3.94. The smallest absolute Gasteiger partial charge is 0.109 e. The van der Waals surface area contributed by atoms with Crippen molar-refractivity contribution in [3.8, 4) is 5.69 Å². The molecule has 0 aliphatic heterocycles. The van der Waals surface area contributed by atoms with E-state index in [1.54, 1.807) is 10.9 Å². The fourth-order valence-electron chi connectivity index (χ4n) is 1.22. The summed E-state index contributed by atoms with van der Waals surface area (Å²) < 4.78 is 2.69. The minimum atomic E-state index is 0.0700. The van der Waals surface area contributed by atoms with E-state index in [4.69, 9.17) is 5.11 Å². The number of aromatic nitrogens is 2. The van der Waals surface area contributed by atoms with E-state index in [0.717, 1.165) is 15.9 Å². The molecule has 0 unspecified atom stereocenters. The SMILES string of the molecule is OCc1ccc(-n2nccc2Br)cc1. The van der Waals surface area contributed by atoms with Crippen molar-refractivity contribution < 1.29 is 5.11 Å². The van der Waals surface area contributed by atoms with Gasteiger partial charge < -0.3 is 5.11 Å². The minimum absolute atomic E-state index is 0.0700. The summed E-state index contributed by atoms with van der Waals surface area (Å²) in [4.78, 5) is 0. The van der Waals surface area contributed by atoms with Crippen LogP contribution >= 0.6 is 15.9 Å². The molecule has 0 bridgehead atoms. The van der Waals surface area contributed by atoms with Gasteiger partial charge in [0.2, 0.25) is 0 Å². The zero-order valence-electron chi connectivity index (χ0n) is 7.39. The summed E-state index contributed by atoms with van der Waals surface area (Å²) in [5, 5.41) is 13.0. The first-order valence-corrected chi connectivity index (χ1v) is 5.00. The van der Waals surface area contributed by atoms with Crippen molar-refractivity contribution in [2.24, 2.45) is 0 Å². The van der Waals surface area contributed by atoms with Crippen molar-refractivity contribution >= 4 is 15.9 Å². The van der Waals surface area contributed by atoms with E-state index < -0.39 is 0 Å². The highest BCUT2D eigenvalue weighted by atomic mass is 79.9. The van der Waals surface area contributed by atoms with Crippen LogP contribution in [0.25, 0.3) is 5.69 Å². The van der Waals surface area contributed by atoms with Crippen LogP contribution in [-0.2, 0) is 6.61 Å². The van der Waals surface area contributed by atoms with Gasteiger partial charge in [0, 0.05) is 0 Å². The molecular weight excluding hydrogens is 244 g/mol. The van der Waals surface area contributed by atoms with Gasteiger partial charge in [-0.15, -0.1) is 0 Å². The van der Waals surface area contributed by atoms with E-state index in [1.807, 2.05) is 30.3 Å². The molecule has 0 saturated heterocycles. The summed E-state index contributed by atoms with van der Waals surface area (Å²) in [7, 11) is 0. The molecule has 0 radical (unpaired) electrons. The molecule has 0 atom stereocenters. The third-order valence-corrected chi connectivity index (χ3v) is 2.56. The van der Waals surface area contributed by atoms with Crippen LogP contribution in [0.15, 0.2) is 41.1 Å². The monoisotopic (exact) mass is 252 g/mol. The van der Waals surface area contributed by atoms with Gasteiger partial charge in [0.15, 0.2) is 0 Å². The van der Waals surface area contributed by atoms with Crippen LogP contribution in [0, 0.1) is 0 Å². The molecule has 0 amide bonds. The van der Waals surface area contributed by atoms with Crippen molar-refractivity contribution in [2.45, 2.75) is 6.61 Å². The fraction of sp³-hybridized carbons (Fsp3) is 0.100. The molecule has 0 aliphatic rings. The van der Waals surface area contributed by atoms with E-state index in [-0.39, 0.29) is 6.61 Å². The summed E-state index contributed by atoms with van der Waals surface area (Å²) in [6.45, 7) is 0.0700. The first-order valence-electron chi connectivity index (χ1n) is 4.21. The van der Waals surface area contributed by atoms with Crippen LogP contribution in [0.2, 0.25) is 0 Å². The predicted molar refractivity (Wildman–Crippen MR) is 57.2 cm³/mol. The maximum Gasteiger partial charge on any atom is 0.109 e. The van der Waals surface area contributed by atoms with Gasteiger partial charge in [-0.05, 0) is 39.7 Å². The Bertz CT molecular complexity index is 422. The van der Waals surface area contributed by atoms with Gasteiger partial charge in [-0.1, -0.05) is 12.1 Å². The third kappa shape index (κ3) is 1.71. The number of hydrogen-bond donors (Lipinski definition) is 1. The minimum Gasteiger partial charge on any atom is -0.392 e. The Kier molecular flexibility index (Phi) is 2.65. The predicted octanol–water partition coefficient (Wildman–Crippen LogP) is 2.13. The average molecular weight is 253 g/mol. The van der Waals surface area contributed by atoms with Crippen LogP contribution < -0.4 is 0 Å². The molecule has 2 aromatic rings. The normalized spacial score (nSPS) is 10.4. The number of aliphatic hydroxyl groups is 1. The highest BCUT2D eigenvalue weighted by Crippen LogP contribution is 2.15. The van der Waals surface area contributed by atoms with Gasteiger partial charge in [-0.2, -0.15) is 5.10 Å². The number of halogens is 1. The molecular formula is C10H9BrN2O. The Labute approximate surface area is 90.1 Å². The van der Waals surface area contributed by atoms with Crippen LogP contribution in [-0.4, -0.2) is 14.9 Å². The molecule has 1 aromatic carbocycles. The van der Waals surface area contributed by atoms with E-state index in [9.17, 15) is 0 Å². The van der Waals surface area contributed by atoms with E-state index in [2.05, 4.69) is 21.0 Å². The van der Waals surface area contributed by atoms with Crippen molar-refractivity contribution in [1.29, 1.82) is 0 Å². The fourth-order valence-corrected chi connectivity index (χ4v) is 1.63. The quantitative estimate of drug-likeness (QED) is 0.890. The van der Waals surface area contributed by atoms with Gasteiger partial charge in [-0.3, -0.25) is 0 Å². The number of hydrogen-bond acceptors (Lipinski definition) is 2. The molecule has 2 rings (SSSR count). The number of aliphatic hydroxyl groups excluding tert-OH is 1. The highest BCUT2D eigenvalue weighted by Gasteiger charge is 2.00. The zero-order chi connectivity index (χ0) is 9.97. The van der Waals surface area contributed by atoms with Crippen molar-refractivity contribution in [2.75, 3.05) is 0 Å². The third-order valence-electron chi connectivity index (χ3n) is 1.96. The van der Waals surface area contributed by atoms with Crippen LogP contribution in [0.5, 0.6) is 0 Å². The first kappa shape index (κ1) is 9.43. The summed E-state index contributed by atoms with van der Waals surface area (Å²) in [5.74, 6) is 0. The standard InChI is InChI=1S/C10H9BrN2O/c11-10-5-6-12-13(10)9-3-1-8(7-14)2-4-9/h1-6,14H,7H2. The maximum absolute atomic E-state index is 8.88. The lowest BCUT2D eigenvalue weighted by molar-refractivity contribution is 0.282. The molecule has 14 heavy (non-hydrogen) atoms. The van der Waals surface area contributed by atoms with Gasteiger partial charge in [-0.25, -0.2) is 4.68 Å². The summed E-state index contributed by atoms with van der Waals surface area (Å²) in [6, 6.07) is 9.47. The number of nitrogens with zero attached hydrogens (tertiary/aromatic N) is 2. The second-order valence-corrected chi connectivity index (χ2v) is 3.70. The first-order chi connectivity index (χ1) is 6.81. The Morgan fingerprint density at radius 2 is 1.93 bits per heavy atom. The van der Waals surface area contributed by atoms with Gasteiger partial charge >= 0.3 is 0 Å². The lowest BCUT2D eigenvalue weighted by Crippen LogP contribution is -1.96. The summed E-state index contributed by atoms with van der Waals surface area (Å²) in [6.07, 6.45) is 1.73. The lowest BCUT2D eigenvalue weighted by atomic mass is 10.2. The van der Waals surface area contributed by atoms with Crippen LogP contribution in [0.4, 0.5) is 0 Å². The van der Waals surface area contributed by atoms with Crippen molar-refractivity contribution in [3.05, 3.63) is 46.7 Å². The Hall–Kier alpha value is -1.13. The molecule has 0 aliphatic carbocycles. The molecule has 1 heterocycles. The molecule has 72 valence electrons. The summed E-state index contributed by atoms with van der Waals surface area (Å²) >= 11 is 3.39. The van der Waals surface area contributed by atoms with Crippen molar-refractivity contribution in [1.82, 2.24) is 9.78 Å². The second-order valence-electron chi connectivity index (χ2n) is 2.89. The average Bonchev–Trinajstić information content (AvgIpc) is 2.65. The molecule has 1 N–H and O–H groups in total. The zero-order valence-corrected chi connectivity index (χ0v) is 8.98. The van der Waals surface area contributed by atoms with E-state index in [0.29, 0.717) is 0 Å². The Morgan fingerprint density at radius 1 is 1.21 bits per heavy atom. The topological polar surface area (TPSA) is 38.0 Å².